The normalized spacial score (nSPS) is 12.0. The minimum Gasteiger partial charge on any atom is -0.497 e. The summed E-state index contributed by atoms with van der Waals surface area (Å²) in [5.41, 5.74) is 2.31. The highest BCUT2D eigenvalue weighted by Gasteiger charge is 2.32. The maximum absolute atomic E-state index is 13.7. The number of benzene rings is 3. The number of carbonyl (C=O) groups excluding carboxylic acids is 2. The monoisotopic (exact) mass is 492 g/mol. The summed E-state index contributed by atoms with van der Waals surface area (Å²) in [6, 6.07) is 23.9. The Balaban J connectivity index is 1.96. The molecule has 0 aliphatic rings. The van der Waals surface area contributed by atoms with Gasteiger partial charge in [-0.3, -0.25) is 9.59 Å². The Morgan fingerprint density at radius 3 is 2.06 bits per heavy atom. The molecule has 3 aromatic rings. The van der Waals surface area contributed by atoms with Crippen molar-refractivity contribution >= 4 is 23.4 Å². The van der Waals surface area contributed by atoms with Crippen LogP contribution in [0, 0.1) is 0 Å². The highest BCUT2D eigenvalue weighted by Crippen LogP contribution is 2.20. The molecule has 184 valence electrons. The van der Waals surface area contributed by atoms with E-state index in [1.54, 1.807) is 24.1 Å². The van der Waals surface area contributed by atoms with Crippen molar-refractivity contribution in [2.24, 2.45) is 0 Å². The number of halogens is 1. The molecular formula is C29H33ClN2O3. The summed E-state index contributed by atoms with van der Waals surface area (Å²) in [4.78, 5) is 29.0. The largest absolute Gasteiger partial charge is 0.497 e. The molecule has 35 heavy (non-hydrogen) atoms. The second-order valence-corrected chi connectivity index (χ2v) is 10.1. The van der Waals surface area contributed by atoms with Crippen LogP contribution in [-0.4, -0.2) is 35.4 Å². The summed E-state index contributed by atoms with van der Waals surface area (Å²) >= 11 is 6.08. The third kappa shape index (κ3) is 8.15. The zero-order valence-corrected chi connectivity index (χ0v) is 21.5. The van der Waals surface area contributed by atoms with Gasteiger partial charge in [0.05, 0.1) is 13.5 Å². The summed E-state index contributed by atoms with van der Waals surface area (Å²) in [5, 5.41) is 3.70. The Bertz CT molecular complexity index is 1110. The molecule has 1 atom stereocenters. The molecule has 0 aromatic heterocycles. The van der Waals surface area contributed by atoms with E-state index >= 15 is 0 Å². The summed E-state index contributed by atoms with van der Waals surface area (Å²) < 4.78 is 5.23. The van der Waals surface area contributed by atoms with Gasteiger partial charge in [-0.2, -0.15) is 0 Å². The number of nitrogens with one attached hydrogen (secondary N) is 1. The Hall–Kier alpha value is -3.31. The Labute approximate surface area is 213 Å². The molecule has 5 nitrogen and oxygen atoms in total. The van der Waals surface area contributed by atoms with Crippen LogP contribution in [0.4, 0.5) is 0 Å². The Kier molecular flexibility index (Phi) is 8.94. The quantitative estimate of drug-likeness (QED) is 0.432. The lowest BCUT2D eigenvalue weighted by molar-refractivity contribution is -0.141. The molecule has 3 rings (SSSR count). The number of rotatable bonds is 9. The van der Waals surface area contributed by atoms with Gasteiger partial charge in [-0.1, -0.05) is 66.2 Å². The fraction of sp³-hybridized carbons (Fsp3) is 0.310. The van der Waals surface area contributed by atoms with Crippen molar-refractivity contribution in [2.45, 2.75) is 51.7 Å². The first-order valence-electron chi connectivity index (χ1n) is 11.7. The molecule has 0 spiro atoms. The first kappa shape index (κ1) is 26.3. The van der Waals surface area contributed by atoms with Crippen LogP contribution in [0.1, 0.15) is 37.5 Å². The highest BCUT2D eigenvalue weighted by atomic mass is 35.5. The number of carbonyl (C=O) groups is 2. The summed E-state index contributed by atoms with van der Waals surface area (Å²) in [7, 11) is 1.61. The number of methoxy groups -OCH3 is 1. The predicted molar refractivity (Wildman–Crippen MR) is 141 cm³/mol. The second kappa shape index (κ2) is 11.9. The van der Waals surface area contributed by atoms with Crippen LogP contribution < -0.4 is 10.1 Å². The molecule has 0 heterocycles. The summed E-state index contributed by atoms with van der Waals surface area (Å²) in [6.07, 6.45) is 0.580. The first-order valence-corrected chi connectivity index (χ1v) is 12.1. The van der Waals surface area contributed by atoms with E-state index < -0.39 is 11.6 Å². The minimum absolute atomic E-state index is 0.130. The fourth-order valence-corrected chi connectivity index (χ4v) is 3.94. The van der Waals surface area contributed by atoms with Gasteiger partial charge in [-0.15, -0.1) is 0 Å². The third-order valence-corrected chi connectivity index (χ3v) is 5.80. The van der Waals surface area contributed by atoms with Crippen molar-refractivity contribution in [3.8, 4) is 5.75 Å². The highest BCUT2D eigenvalue weighted by molar-refractivity contribution is 6.30. The zero-order chi connectivity index (χ0) is 25.4. The maximum atomic E-state index is 13.7. The number of nitrogens with zero attached hydrogens (tertiary/aromatic N) is 1. The SMILES string of the molecule is COc1ccc(CC(=O)N(Cc2ccc(Cl)cc2)[C@H](Cc2ccccc2)C(=O)NC(C)(C)C)cc1. The molecular weight excluding hydrogens is 460 g/mol. The molecule has 0 saturated heterocycles. The number of hydrogen-bond acceptors (Lipinski definition) is 3. The number of ether oxygens (including phenoxy) is 1. The second-order valence-electron chi connectivity index (χ2n) is 9.62. The minimum atomic E-state index is -0.682. The van der Waals surface area contributed by atoms with Crippen molar-refractivity contribution in [3.63, 3.8) is 0 Å². The van der Waals surface area contributed by atoms with Gasteiger partial charge in [0.25, 0.3) is 0 Å². The van der Waals surface area contributed by atoms with Crippen LogP contribution >= 0.6 is 11.6 Å². The standard InChI is InChI=1S/C29H33ClN2O3/c1-29(2,3)31-28(34)26(18-21-8-6-5-7-9-21)32(20-23-10-14-24(30)15-11-23)27(33)19-22-12-16-25(35-4)17-13-22/h5-17,26H,18-20H2,1-4H3,(H,31,34)/t26-/m1/s1. The molecule has 0 bridgehead atoms. The molecule has 1 N–H and O–H groups in total. The van der Waals surface area contributed by atoms with Crippen LogP contribution in [0.2, 0.25) is 5.02 Å². The van der Waals surface area contributed by atoms with Gasteiger partial charge in [-0.05, 0) is 61.7 Å². The van der Waals surface area contributed by atoms with Crippen LogP contribution in [0.5, 0.6) is 5.75 Å². The van der Waals surface area contributed by atoms with E-state index in [2.05, 4.69) is 5.32 Å². The lowest BCUT2D eigenvalue weighted by Gasteiger charge is -2.34. The van der Waals surface area contributed by atoms with E-state index in [9.17, 15) is 9.59 Å². The van der Waals surface area contributed by atoms with Gasteiger partial charge in [0, 0.05) is 23.5 Å². The summed E-state index contributed by atoms with van der Waals surface area (Å²) in [6.45, 7) is 6.11. The van der Waals surface area contributed by atoms with Crippen molar-refractivity contribution in [1.29, 1.82) is 0 Å². The first-order chi connectivity index (χ1) is 16.6. The average Bonchev–Trinajstić information content (AvgIpc) is 2.82. The van der Waals surface area contributed by atoms with Gasteiger partial charge in [0.15, 0.2) is 0 Å². The van der Waals surface area contributed by atoms with E-state index in [1.807, 2.05) is 87.5 Å². The van der Waals surface area contributed by atoms with Gasteiger partial charge >= 0.3 is 0 Å². The van der Waals surface area contributed by atoms with Crippen molar-refractivity contribution in [2.75, 3.05) is 7.11 Å². The van der Waals surface area contributed by atoms with Gasteiger partial charge in [0.1, 0.15) is 11.8 Å². The average molecular weight is 493 g/mol. The van der Waals surface area contributed by atoms with Crippen LogP contribution in [0.15, 0.2) is 78.9 Å². The molecule has 0 radical (unpaired) electrons. The van der Waals surface area contributed by atoms with Crippen LogP contribution in [-0.2, 0) is 29.0 Å². The smallest absolute Gasteiger partial charge is 0.243 e. The lowest BCUT2D eigenvalue weighted by Crippen LogP contribution is -2.54. The van der Waals surface area contributed by atoms with Crippen molar-refractivity contribution < 1.29 is 14.3 Å². The van der Waals surface area contributed by atoms with Gasteiger partial charge < -0.3 is 15.0 Å². The lowest BCUT2D eigenvalue weighted by atomic mass is 10.00. The molecule has 0 unspecified atom stereocenters. The summed E-state index contributed by atoms with van der Waals surface area (Å²) in [5.74, 6) is 0.416. The zero-order valence-electron chi connectivity index (χ0n) is 20.8. The molecule has 0 aliphatic carbocycles. The van der Waals surface area contributed by atoms with Crippen LogP contribution in [0.25, 0.3) is 0 Å². The van der Waals surface area contributed by atoms with E-state index in [1.165, 1.54) is 0 Å². The van der Waals surface area contributed by atoms with Crippen LogP contribution in [0.3, 0.4) is 0 Å². The van der Waals surface area contributed by atoms with Gasteiger partial charge in [-0.25, -0.2) is 0 Å². The maximum Gasteiger partial charge on any atom is 0.243 e. The topological polar surface area (TPSA) is 58.6 Å². The Morgan fingerprint density at radius 1 is 0.886 bits per heavy atom. The van der Waals surface area contributed by atoms with E-state index in [4.69, 9.17) is 16.3 Å². The predicted octanol–water partition coefficient (Wildman–Crippen LogP) is 5.45. The number of amides is 2. The molecule has 3 aromatic carbocycles. The molecule has 0 saturated carbocycles. The fourth-order valence-electron chi connectivity index (χ4n) is 3.81. The van der Waals surface area contributed by atoms with Crippen molar-refractivity contribution in [3.05, 3.63) is 101 Å². The third-order valence-electron chi connectivity index (χ3n) is 5.55. The molecule has 2 amide bonds. The number of hydrogen-bond donors (Lipinski definition) is 1. The van der Waals surface area contributed by atoms with Gasteiger partial charge in [0.2, 0.25) is 11.8 Å². The Morgan fingerprint density at radius 2 is 1.49 bits per heavy atom. The van der Waals surface area contributed by atoms with Crippen molar-refractivity contribution in [1.82, 2.24) is 10.2 Å². The molecule has 0 fully saturated rings. The molecule has 6 heteroatoms. The molecule has 0 aliphatic heterocycles. The van der Waals surface area contributed by atoms with E-state index in [0.717, 1.165) is 22.4 Å². The van der Waals surface area contributed by atoms with E-state index in [-0.39, 0.29) is 18.2 Å². The van der Waals surface area contributed by atoms with E-state index in [0.29, 0.717) is 18.0 Å².